The number of terminal acetylenes is 1. The maximum Gasteiger partial charge on any atom is 1.00 e. The van der Waals surface area contributed by atoms with Crippen molar-refractivity contribution in [3.63, 3.8) is 0 Å². The summed E-state index contributed by atoms with van der Waals surface area (Å²) in [6.45, 7) is 22.1. The molecule has 15 nitrogen and oxygen atoms in total. The van der Waals surface area contributed by atoms with Crippen molar-refractivity contribution in [3.05, 3.63) is 95.2 Å². The van der Waals surface area contributed by atoms with E-state index in [9.17, 15) is 44.7 Å². The van der Waals surface area contributed by atoms with Crippen molar-refractivity contribution in [2.45, 2.75) is 458 Å². The van der Waals surface area contributed by atoms with Crippen molar-refractivity contribution in [2.75, 3.05) is 0 Å². The molecule has 113 heavy (non-hydrogen) atoms. The zero-order chi connectivity index (χ0) is 85.0. The fourth-order valence-electron chi connectivity index (χ4n) is 10.8. The molecule has 0 aromatic carbocycles. The molecular weight excluding hydrogens is 1570 g/mol. The quantitative estimate of drug-likeness (QED) is 0.00411. The van der Waals surface area contributed by atoms with Gasteiger partial charge in [0, 0.05) is 25.7 Å². The number of aliphatic carboxylic acids is 2. The summed E-state index contributed by atoms with van der Waals surface area (Å²) in [5.74, 6) is 6.27. The summed E-state index contributed by atoms with van der Waals surface area (Å²) < 4.78 is 18.5. The van der Waals surface area contributed by atoms with Gasteiger partial charge in [0.15, 0.2) is 0 Å². The molecule has 0 spiro atoms. The van der Waals surface area contributed by atoms with Gasteiger partial charge < -0.3 is 54.7 Å². The zero-order valence-corrected chi connectivity index (χ0v) is 78.2. The first-order chi connectivity index (χ1) is 53.0. The van der Waals surface area contributed by atoms with Crippen LogP contribution in [0.15, 0.2) is 95.2 Å². The van der Waals surface area contributed by atoms with Gasteiger partial charge in [0.2, 0.25) is 0 Å². The molecule has 18 heteroatoms. The SMILES string of the molecule is C.C#CC(C)(O)CCCCC.CCCCC(C)(O)/C=C/C=C\CCCCCCCC=O.CCCCCC(C)(O)/C=C/C=C\CCCCCCCC(=O)OO.CCCCCC(C)(O)C#C/C=C\CCCCCCCC(=O)O.CCCCCCCC/C=C\C=C\C(C)(O)CCCCC.O=C(O)CCCCCCC/C=C\I.[Na+].[O-][Cl+][O-]. The van der Waals surface area contributed by atoms with Crippen LogP contribution in [0.25, 0.3) is 0 Å². The molecule has 0 aliphatic rings. The minimum atomic E-state index is -0.880. The van der Waals surface area contributed by atoms with Crippen molar-refractivity contribution < 1.29 is 115 Å². The number of hydrogen-bond acceptors (Lipinski definition) is 13. The molecule has 5 unspecified atom stereocenters. The van der Waals surface area contributed by atoms with E-state index in [-0.39, 0.29) is 43.4 Å². The van der Waals surface area contributed by atoms with Crippen LogP contribution < -0.4 is 38.9 Å². The first-order valence-electron chi connectivity index (χ1n) is 43.2. The van der Waals surface area contributed by atoms with Crippen LogP contribution in [0.3, 0.4) is 0 Å². The number of allylic oxidation sites excluding steroid dienone is 12. The number of carbonyl (C=O) groups is 4. The molecule has 0 saturated carbocycles. The molecule has 0 aromatic rings. The average Bonchev–Trinajstić information content (AvgIpc) is 0.964. The molecule has 656 valence electrons. The van der Waals surface area contributed by atoms with Crippen LogP contribution in [-0.4, -0.2) is 93.2 Å². The third-order valence-corrected chi connectivity index (χ3v) is 18.5. The maximum absolute atomic E-state index is 10.7. The summed E-state index contributed by atoms with van der Waals surface area (Å²) >= 11 is 1.81. The van der Waals surface area contributed by atoms with Crippen LogP contribution in [0.2, 0.25) is 0 Å². The molecular formula is C95H171ClINaO15. The van der Waals surface area contributed by atoms with E-state index >= 15 is 0 Å². The number of aldehydes is 1. The molecule has 0 bridgehead atoms. The van der Waals surface area contributed by atoms with Crippen molar-refractivity contribution in [1.82, 2.24) is 0 Å². The number of hydrogen-bond donors (Lipinski definition) is 8. The predicted octanol–water partition coefficient (Wildman–Crippen LogP) is 22.0. The average molecular weight is 1740 g/mol. The first-order valence-corrected chi connectivity index (χ1v) is 45.1. The van der Waals surface area contributed by atoms with E-state index < -0.39 is 57.2 Å². The van der Waals surface area contributed by atoms with E-state index in [2.05, 4.69) is 117 Å². The van der Waals surface area contributed by atoms with E-state index in [0.717, 1.165) is 212 Å². The monoisotopic (exact) mass is 1740 g/mol. The number of carbonyl (C=O) groups excluding carboxylic acids is 2. The number of aliphatic hydroxyl groups is 5. The summed E-state index contributed by atoms with van der Waals surface area (Å²) in [4.78, 5) is 44.9. The minimum absolute atomic E-state index is 0. The van der Waals surface area contributed by atoms with Gasteiger partial charge in [0.1, 0.15) is 17.5 Å². The van der Waals surface area contributed by atoms with E-state index in [1.807, 2.05) is 85.6 Å². The smallest absolute Gasteiger partial charge is 0.544 e. The standard InChI is InChI=1S/C19H34O4.C19H32O3.C19H36O.C18H32O2.C10H17IO2.C9H16O.CH4.ClO2.Na/c1-3-4-13-16-19(2,21)17-14-11-9-7-5-6-8-10-12-15-18(20)23-22;1-3-4-13-16-19(2,22)17-14-11-9-7-5-6-8-10-12-15-18(20)21;1-4-6-8-9-10-11-12-13-14-16-18-19(3,20)17-15-7-5-2;1-3-4-15-18(2,20)16-13-11-9-7-5-6-8-10-12-14-17-19;11-9-7-5-3-1-2-4-6-8-10(12)13;1-4-6-7-8-9(3,10)5-2;;2-1-3;/h9,11,14,17,21-22H,3-8,10,12-13,15-16H2,1-2H3;9,11,22H,3-8,10,12-13,15-16H2,1-2H3,(H,20,21);13-14,16,18,20H,4-12,15,17H2,1-3H3;9,11,13,16-17,20H,3-8,10,12,14-15H2,1-2H3;7,9H,1-6,8H2,(H,12,13);2,10H,4,6-8H2,1,3H3;1H4;;/q;;;;;;;-1;+1/b11-9-,17-14+;11-9-;14-13-,18-16+;11-9-,16-13+;9-7-;;;;. The van der Waals surface area contributed by atoms with Gasteiger partial charge in [-0.3, -0.25) is 9.59 Å². The van der Waals surface area contributed by atoms with Crippen molar-refractivity contribution >= 4 is 46.8 Å². The fourth-order valence-corrected chi connectivity index (χ4v) is 11.2. The Morgan fingerprint density at radius 3 is 0.991 bits per heavy atom. The van der Waals surface area contributed by atoms with Gasteiger partial charge in [-0.1, -0.05) is 361 Å². The van der Waals surface area contributed by atoms with Gasteiger partial charge in [-0.05, 0) is 180 Å². The van der Waals surface area contributed by atoms with Gasteiger partial charge in [-0.15, -0.1) is 6.42 Å². The van der Waals surface area contributed by atoms with Crippen LogP contribution in [0.5, 0.6) is 0 Å². The Hall–Kier alpha value is -3.18. The molecule has 0 radical (unpaired) electrons. The molecule has 0 aliphatic carbocycles. The molecule has 0 fully saturated rings. The van der Waals surface area contributed by atoms with Gasteiger partial charge in [0.25, 0.3) is 0 Å². The molecule has 0 aromatic heterocycles. The van der Waals surface area contributed by atoms with Crippen LogP contribution >= 0.6 is 22.6 Å². The molecule has 0 amide bonds. The normalized spacial score (nSPS) is 13.7. The van der Waals surface area contributed by atoms with Gasteiger partial charge in [0.05, 0.1) is 28.1 Å². The summed E-state index contributed by atoms with van der Waals surface area (Å²) in [7, 11) is 0. The minimum Gasteiger partial charge on any atom is -0.544 e. The van der Waals surface area contributed by atoms with Crippen LogP contribution in [0, 0.1) is 35.5 Å². The van der Waals surface area contributed by atoms with Crippen LogP contribution in [0.1, 0.15) is 430 Å². The second-order valence-corrected chi connectivity index (χ2v) is 31.2. The Labute approximate surface area is 734 Å². The van der Waals surface area contributed by atoms with E-state index in [4.69, 9.17) is 31.2 Å². The predicted molar refractivity (Wildman–Crippen MR) is 477 cm³/mol. The number of rotatable bonds is 64. The number of carboxylic acids is 2. The number of unbranched alkanes of at least 4 members (excludes halogenated alkanes) is 36. The number of halogens is 2. The largest absolute Gasteiger partial charge is 1.00 e. The molecule has 8 N–H and O–H groups in total. The van der Waals surface area contributed by atoms with E-state index in [0.29, 0.717) is 19.3 Å². The van der Waals surface area contributed by atoms with E-state index in [1.54, 1.807) is 13.8 Å². The second kappa shape index (κ2) is 101. The third kappa shape index (κ3) is 130. The van der Waals surface area contributed by atoms with Crippen molar-refractivity contribution in [3.8, 4) is 24.2 Å². The van der Waals surface area contributed by atoms with Crippen molar-refractivity contribution in [1.29, 1.82) is 0 Å². The van der Waals surface area contributed by atoms with Gasteiger partial charge >= 0.3 is 47.5 Å². The van der Waals surface area contributed by atoms with Gasteiger partial charge in [-0.2, -0.15) is 5.26 Å². The Morgan fingerprint density at radius 1 is 0.398 bits per heavy atom. The van der Waals surface area contributed by atoms with Crippen LogP contribution in [-0.2, 0) is 24.1 Å². The molecule has 5 atom stereocenters. The topological polar surface area (TPSA) is 285 Å². The molecule has 0 rings (SSSR count). The summed E-state index contributed by atoms with van der Waals surface area (Å²) in [5, 5.41) is 74.7. The van der Waals surface area contributed by atoms with Gasteiger partial charge in [-0.25, -0.2) is 4.79 Å². The fraction of sp³-hybridized carbons (Fsp3) is 0.747. The Kier molecular flexibility index (Phi) is 115. The number of carboxylic acid groups (broad SMARTS) is 2. The first kappa shape index (κ1) is 128. The van der Waals surface area contributed by atoms with Crippen molar-refractivity contribution in [2.24, 2.45) is 0 Å². The summed E-state index contributed by atoms with van der Waals surface area (Å²) in [6.07, 6.45) is 92.8. The molecule has 0 aliphatic heterocycles. The third-order valence-electron chi connectivity index (χ3n) is 18.0. The molecule has 0 saturated heterocycles. The van der Waals surface area contributed by atoms with E-state index in [1.165, 1.54) is 116 Å². The van der Waals surface area contributed by atoms with Crippen LogP contribution in [0.4, 0.5) is 0 Å². The Morgan fingerprint density at radius 2 is 0.673 bits per heavy atom. The summed E-state index contributed by atoms with van der Waals surface area (Å²) in [5.41, 5.74) is -3.76. The zero-order valence-electron chi connectivity index (χ0n) is 73.3. The molecule has 0 heterocycles. The second-order valence-electron chi connectivity index (χ2n) is 30.4. The summed E-state index contributed by atoms with van der Waals surface area (Å²) in [6, 6.07) is 0. The Balaban J connectivity index is -0.000000165. The maximum atomic E-state index is 10.7. The Bertz CT molecular complexity index is 2380.